The van der Waals surface area contributed by atoms with E-state index in [4.69, 9.17) is 0 Å². The molecule has 86 valence electrons. The zero-order valence-electron chi connectivity index (χ0n) is 8.74. The van der Waals surface area contributed by atoms with Gasteiger partial charge in [0.15, 0.2) is 0 Å². The van der Waals surface area contributed by atoms with Crippen molar-refractivity contribution in [3.05, 3.63) is 28.5 Å². The lowest BCUT2D eigenvalue weighted by molar-refractivity contribution is -0.147. The Bertz CT molecular complexity index is 403. The van der Waals surface area contributed by atoms with Crippen LogP contribution in [0.15, 0.2) is 22.9 Å². The van der Waals surface area contributed by atoms with Crippen LogP contribution in [-0.4, -0.2) is 29.1 Å². The third kappa shape index (κ3) is 2.25. The first-order chi connectivity index (χ1) is 7.62. The van der Waals surface area contributed by atoms with E-state index in [0.29, 0.717) is 19.4 Å². The lowest BCUT2D eigenvalue weighted by Crippen LogP contribution is -2.35. The monoisotopic (exact) mass is 284 g/mol. The number of hydrogen-bond acceptors (Lipinski definition) is 3. The van der Waals surface area contributed by atoms with Crippen molar-refractivity contribution in [1.29, 1.82) is 0 Å². The normalized spacial score (nSPS) is 24.6. The van der Waals surface area contributed by atoms with Gasteiger partial charge in [-0.25, -0.2) is 0 Å². The van der Waals surface area contributed by atoms with Gasteiger partial charge in [-0.3, -0.25) is 9.78 Å². The Kier molecular flexibility index (Phi) is 3.25. The van der Waals surface area contributed by atoms with Crippen molar-refractivity contribution in [1.82, 2.24) is 10.3 Å². The molecule has 0 aromatic carbocycles. The van der Waals surface area contributed by atoms with Crippen LogP contribution in [0.2, 0.25) is 0 Å². The Morgan fingerprint density at radius 3 is 3.00 bits per heavy atom. The molecule has 2 heterocycles. The molecule has 1 saturated heterocycles. The van der Waals surface area contributed by atoms with Crippen molar-refractivity contribution in [2.24, 2.45) is 5.41 Å². The predicted octanol–water partition coefficient (Wildman–Crippen LogP) is 1.45. The second-order valence-electron chi connectivity index (χ2n) is 4.20. The molecule has 1 fully saturated rings. The Labute approximate surface area is 102 Å². The molecule has 1 atom stereocenters. The van der Waals surface area contributed by atoms with Crippen LogP contribution >= 0.6 is 15.9 Å². The molecule has 1 aliphatic rings. The van der Waals surface area contributed by atoms with Gasteiger partial charge in [0, 0.05) is 23.4 Å². The topological polar surface area (TPSA) is 62.2 Å². The van der Waals surface area contributed by atoms with Crippen LogP contribution in [-0.2, 0) is 11.2 Å². The van der Waals surface area contributed by atoms with E-state index in [1.807, 2.05) is 6.07 Å². The summed E-state index contributed by atoms with van der Waals surface area (Å²) in [6.07, 6.45) is 4.63. The van der Waals surface area contributed by atoms with Gasteiger partial charge in [-0.1, -0.05) is 0 Å². The minimum Gasteiger partial charge on any atom is -0.481 e. The van der Waals surface area contributed by atoms with Crippen LogP contribution in [0, 0.1) is 5.41 Å². The van der Waals surface area contributed by atoms with Crippen LogP contribution in [0.4, 0.5) is 0 Å². The Balaban J connectivity index is 2.21. The van der Waals surface area contributed by atoms with Gasteiger partial charge in [0.2, 0.25) is 0 Å². The summed E-state index contributed by atoms with van der Waals surface area (Å²) in [5, 5.41) is 12.4. The van der Waals surface area contributed by atoms with Crippen LogP contribution < -0.4 is 5.32 Å². The molecular formula is C11H13BrN2O2. The van der Waals surface area contributed by atoms with E-state index in [0.717, 1.165) is 16.6 Å². The number of halogens is 1. The maximum absolute atomic E-state index is 11.3. The Hall–Kier alpha value is -0.940. The number of carbonyl (C=O) groups is 1. The van der Waals surface area contributed by atoms with E-state index < -0.39 is 11.4 Å². The van der Waals surface area contributed by atoms with Crippen molar-refractivity contribution in [3.8, 4) is 0 Å². The van der Waals surface area contributed by atoms with E-state index in [1.165, 1.54) is 0 Å². The lowest BCUT2D eigenvalue weighted by Gasteiger charge is -2.22. The summed E-state index contributed by atoms with van der Waals surface area (Å²) >= 11 is 3.34. The number of rotatable bonds is 3. The number of hydrogen-bond donors (Lipinski definition) is 2. The number of aromatic nitrogens is 1. The number of nitrogens with one attached hydrogen (secondary N) is 1. The van der Waals surface area contributed by atoms with Gasteiger partial charge in [0.1, 0.15) is 0 Å². The fraction of sp³-hybridized carbons (Fsp3) is 0.455. The number of aliphatic carboxylic acids is 1. The fourth-order valence-electron chi connectivity index (χ4n) is 2.10. The SMILES string of the molecule is O=C(O)C1(Cc2cncc(Br)c2)CCNC1. The molecule has 0 bridgehead atoms. The Morgan fingerprint density at radius 2 is 2.44 bits per heavy atom. The molecule has 0 amide bonds. The van der Waals surface area contributed by atoms with Gasteiger partial charge < -0.3 is 10.4 Å². The second-order valence-corrected chi connectivity index (χ2v) is 5.12. The van der Waals surface area contributed by atoms with Gasteiger partial charge >= 0.3 is 5.97 Å². The van der Waals surface area contributed by atoms with E-state index >= 15 is 0 Å². The maximum atomic E-state index is 11.3. The lowest BCUT2D eigenvalue weighted by atomic mass is 9.81. The number of nitrogens with zero attached hydrogens (tertiary/aromatic N) is 1. The van der Waals surface area contributed by atoms with Gasteiger partial charge in [-0.15, -0.1) is 0 Å². The van der Waals surface area contributed by atoms with E-state index in [1.54, 1.807) is 12.4 Å². The molecule has 2 rings (SSSR count). The highest BCUT2D eigenvalue weighted by Gasteiger charge is 2.41. The van der Waals surface area contributed by atoms with Gasteiger partial charge in [-0.2, -0.15) is 0 Å². The van der Waals surface area contributed by atoms with Gasteiger partial charge in [-0.05, 0) is 46.9 Å². The van der Waals surface area contributed by atoms with Gasteiger partial charge in [0.25, 0.3) is 0 Å². The Morgan fingerprint density at radius 1 is 1.62 bits per heavy atom. The summed E-state index contributed by atoms with van der Waals surface area (Å²) in [4.78, 5) is 15.4. The zero-order valence-corrected chi connectivity index (χ0v) is 10.3. The largest absolute Gasteiger partial charge is 0.481 e. The fourth-order valence-corrected chi connectivity index (χ4v) is 2.51. The predicted molar refractivity (Wildman–Crippen MR) is 63.2 cm³/mol. The summed E-state index contributed by atoms with van der Waals surface area (Å²) in [7, 11) is 0. The second kappa shape index (κ2) is 4.51. The standard InChI is InChI=1S/C11H13BrN2O2/c12-9-3-8(5-14-6-9)4-11(10(15)16)1-2-13-7-11/h3,5-6,13H,1-2,4,7H2,(H,15,16). The van der Waals surface area contributed by atoms with Crippen molar-refractivity contribution in [3.63, 3.8) is 0 Å². The molecule has 1 aromatic rings. The summed E-state index contributed by atoms with van der Waals surface area (Å²) in [6, 6.07) is 1.93. The third-order valence-electron chi connectivity index (χ3n) is 3.00. The molecule has 0 spiro atoms. The number of carboxylic acids is 1. The summed E-state index contributed by atoms with van der Waals surface area (Å²) < 4.78 is 0.886. The highest BCUT2D eigenvalue weighted by molar-refractivity contribution is 9.10. The molecule has 1 unspecified atom stereocenters. The summed E-state index contributed by atoms with van der Waals surface area (Å²) in [5.41, 5.74) is 0.295. The van der Waals surface area contributed by atoms with Crippen LogP contribution in [0.5, 0.6) is 0 Å². The van der Waals surface area contributed by atoms with Crippen molar-refractivity contribution >= 4 is 21.9 Å². The van der Waals surface area contributed by atoms with Crippen LogP contribution in [0.25, 0.3) is 0 Å². The zero-order chi connectivity index (χ0) is 11.6. The number of pyridine rings is 1. The van der Waals surface area contributed by atoms with Crippen molar-refractivity contribution in [2.75, 3.05) is 13.1 Å². The third-order valence-corrected chi connectivity index (χ3v) is 3.44. The molecular weight excluding hydrogens is 272 g/mol. The van der Waals surface area contributed by atoms with E-state index in [9.17, 15) is 9.90 Å². The van der Waals surface area contributed by atoms with E-state index in [2.05, 4.69) is 26.2 Å². The average Bonchev–Trinajstić information content (AvgIpc) is 2.67. The smallest absolute Gasteiger partial charge is 0.311 e. The minimum atomic E-state index is -0.725. The highest BCUT2D eigenvalue weighted by Crippen LogP contribution is 2.30. The molecule has 5 heteroatoms. The molecule has 0 aliphatic carbocycles. The first-order valence-electron chi connectivity index (χ1n) is 5.16. The molecule has 2 N–H and O–H groups in total. The molecule has 1 aromatic heterocycles. The van der Waals surface area contributed by atoms with Crippen LogP contribution in [0.3, 0.4) is 0 Å². The average molecular weight is 285 g/mol. The van der Waals surface area contributed by atoms with Crippen molar-refractivity contribution in [2.45, 2.75) is 12.8 Å². The maximum Gasteiger partial charge on any atom is 0.311 e. The van der Waals surface area contributed by atoms with Crippen LogP contribution in [0.1, 0.15) is 12.0 Å². The van der Waals surface area contributed by atoms with E-state index in [-0.39, 0.29) is 0 Å². The van der Waals surface area contributed by atoms with Gasteiger partial charge in [0.05, 0.1) is 5.41 Å². The quantitative estimate of drug-likeness (QED) is 0.882. The molecule has 4 nitrogen and oxygen atoms in total. The van der Waals surface area contributed by atoms with Crippen molar-refractivity contribution < 1.29 is 9.90 Å². The summed E-state index contributed by atoms with van der Waals surface area (Å²) in [5.74, 6) is -0.725. The molecule has 0 radical (unpaired) electrons. The molecule has 1 aliphatic heterocycles. The molecule has 16 heavy (non-hydrogen) atoms. The minimum absolute atomic E-state index is 0.530. The highest BCUT2D eigenvalue weighted by atomic mass is 79.9. The first kappa shape index (κ1) is 11.5. The number of carboxylic acid groups (broad SMARTS) is 1. The first-order valence-corrected chi connectivity index (χ1v) is 5.95. The summed E-state index contributed by atoms with van der Waals surface area (Å²) in [6.45, 7) is 1.31. The molecule has 0 saturated carbocycles.